The van der Waals surface area contributed by atoms with Crippen LogP contribution in [0.5, 0.6) is 0 Å². The van der Waals surface area contributed by atoms with E-state index in [2.05, 4.69) is 4.28 Å². The Morgan fingerprint density at radius 3 is 2.68 bits per heavy atom. The Morgan fingerprint density at radius 1 is 1.58 bits per heavy atom. The summed E-state index contributed by atoms with van der Waals surface area (Å²) >= 11 is 0. The van der Waals surface area contributed by atoms with Gasteiger partial charge in [-0.1, -0.05) is 6.08 Å². The number of carbonyl (C=O) groups excluding carboxylic acids is 2. The Hall–Kier alpha value is -1.69. The third-order valence-electron chi connectivity index (χ3n) is 2.82. The maximum atomic E-state index is 11.9. The molecule has 2 aliphatic heterocycles. The van der Waals surface area contributed by atoms with Gasteiger partial charge in [0.05, 0.1) is 19.2 Å². The lowest BCUT2D eigenvalue weighted by atomic mass is 9.99. The smallest absolute Gasteiger partial charge is 0.392 e. The molecule has 11 heteroatoms. The van der Waals surface area contributed by atoms with Gasteiger partial charge in [0.1, 0.15) is 6.04 Å². The van der Waals surface area contributed by atoms with Crippen LogP contribution >= 0.6 is 0 Å². The summed E-state index contributed by atoms with van der Waals surface area (Å²) in [6.07, 6.45) is 1.31. The number of amides is 3. The normalized spacial score (nSPS) is 26.6. The number of fused-ring (bicyclic) bond motifs is 2. The van der Waals surface area contributed by atoms with Gasteiger partial charge in [-0.15, -0.1) is 4.28 Å². The number of aliphatic hydroxyl groups is 1. The fourth-order valence-electron chi connectivity index (χ4n) is 2.16. The number of rotatable bonds is 4. The summed E-state index contributed by atoms with van der Waals surface area (Å²) < 4.78 is 34.0. The minimum atomic E-state index is -4.87. The van der Waals surface area contributed by atoms with Gasteiger partial charge in [-0.2, -0.15) is 13.5 Å². The van der Waals surface area contributed by atoms with E-state index in [0.29, 0.717) is 5.06 Å². The Balaban J connectivity index is 2.36. The molecule has 2 bridgehead atoms. The average Bonchev–Trinajstić information content (AvgIpc) is 2.52. The van der Waals surface area contributed by atoms with Crippen LogP contribution in [0, 0.1) is 0 Å². The van der Waals surface area contributed by atoms with E-state index in [-0.39, 0.29) is 12.1 Å². The summed E-state index contributed by atoms with van der Waals surface area (Å²) in [6, 6.07) is -2.94. The van der Waals surface area contributed by atoms with Crippen LogP contribution in [-0.4, -0.2) is 65.2 Å². The SMILES string of the molecule is NC(=O)[C@@H]1C(CO)=C[C@H]2CN1C(=O)N2OS(=O)(=O)O. The maximum Gasteiger partial charge on any atom is 0.418 e. The van der Waals surface area contributed by atoms with E-state index in [9.17, 15) is 18.0 Å². The molecule has 19 heavy (non-hydrogen) atoms. The molecule has 0 aromatic carbocycles. The largest absolute Gasteiger partial charge is 0.418 e. The minimum Gasteiger partial charge on any atom is -0.392 e. The van der Waals surface area contributed by atoms with Crippen molar-refractivity contribution in [1.82, 2.24) is 9.96 Å². The van der Waals surface area contributed by atoms with Crippen molar-refractivity contribution in [2.75, 3.05) is 13.2 Å². The standard InChI is InChI=1S/C8H11N3O7S/c9-7(13)6-4(3-12)1-5-2-10(6)8(14)11(5)18-19(15,16)17/h1,5-6,12H,2-3H2,(H2,9,13)(H,15,16,17)/t5-,6-/m0/s1. The van der Waals surface area contributed by atoms with E-state index < -0.39 is 41.0 Å². The van der Waals surface area contributed by atoms with Crippen molar-refractivity contribution in [2.45, 2.75) is 12.1 Å². The Labute approximate surface area is 107 Å². The number of hydroxylamine groups is 2. The van der Waals surface area contributed by atoms with Crippen molar-refractivity contribution >= 4 is 22.3 Å². The average molecular weight is 293 g/mol. The molecule has 0 spiro atoms. The van der Waals surface area contributed by atoms with Crippen LogP contribution in [-0.2, 0) is 19.5 Å². The van der Waals surface area contributed by atoms with E-state index in [4.69, 9.17) is 15.4 Å². The molecular weight excluding hydrogens is 282 g/mol. The summed E-state index contributed by atoms with van der Waals surface area (Å²) in [6.45, 7) is -0.556. The predicted molar refractivity (Wildman–Crippen MR) is 58.5 cm³/mol. The van der Waals surface area contributed by atoms with Crippen molar-refractivity contribution in [3.05, 3.63) is 11.6 Å². The van der Waals surface area contributed by atoms with Crippen molar-refractivity contribution in [3.63, 3.8) is 0 Å². The second-order valence-electron chi connectivity index (χ2n) is 4.03. The monoisotopic (exact) mass is 293 g/mol. The van der Waals surface area contributed by atoms with Crippen LogP contribution in [0.4, 0.5) is 4.79 Å². The van der Waals surface area contributed by atoms with E-state index in [1.165, 1.54) is 6.08 Å². The molecule has 10 nitrogen and oxygen atoms in total. The van der Waals surface area contributed by atoms with Gasteiger partial charge in [0, 0.05) is 0 Å². The number of carbonyl (C=O) groups is 2. The van der Waals surface area contributed by atoms with Crippen LogP contribution in [0.1, 0.15) is 0 Å². The molecule has 0 aromatic rings. The fourth-order valence-corrected chi connectivity index (χ4v) is 2.54. The fraction of sp³-hybridized carbons (Fsp3) is 0.500. The number of aliphatic hydroxyl groups excluding tert-OH is 1. The van der Waals surface area contributed by atoms with Crippen LogP contribution in [0.3, 0.4) is 0 Å². The Morgan fingerprint density at radius 2 is 2.21 bits per heavy atom. The molecule has 2 aliphatic rings. The van der Waals surface area contributed by atoms with Gasteiger partial charge < -0.3 is 15.7 Å². The van der Waals surface area contributed by atoms with E-state index in [0.717, 1.165) is 4.90 Å². The lowest BCUT2D eigenvalue weighted by Crippen LogP contribution is -2.49. The molecular formula is C8H11N3O7S. The molecule has 2 heterocycles. The number of hydrogen-bond donors (Lipinski definition) is 3. The van der Waals surface area contributed by atoms with E-state index >= 15 is 0 Å². The summed E-state index contributed by atoms with van der Waals surface area (Å²) in [7, 11) is -4.87. The quantitative estimate of drug-likeness (QED) is 0.386. The van der Waals surface area contributed by atoms with Crippen LogP contribution in [0.25, 0.3) is 0 Å². The second-order valence-corrected chi connectivity index (χ2v) is 5.04. The molecule has 1 saturated heterocycles. The van der Waals surface area contributed by atoms with Crippen molar-refractivity contribution in [1.29, 1.82) is 0 Å². The third-order valence-corrected chi connectivity index (χ3v) is 3.16. The molecule has 4 N–H and O–H groups in total. The second kappa shape index (κ2) is 4.45. The number of hydrogen-bond acceptors (Lipinski definition) is 6. The molecule has 106 valence electrons. The molecule has 0 aromatic heterocycles. The van der Waals surface area contributed by atoms with Gasteiger partial charge in [-0.05, 0) is 5.57 Å². The first-order valence-corrected chi connectivity index (χ1v) is 6.48. The zero-order valence-corrected chi connectivity index (χ0v) is 10.3. The highest BCUT2D eigenvalue weighted by atomic mass is 32.3. The Bertz CT molecular complexity index is 557. The maximum absolute atomic E-state index is 11.9. The molecule has 0 unspecified atom stereocenters. The zero-order valence-electron chi connectivity index (χ0n) is 9.46. The van der Waals surface area contributed by atoms with E-state index in [1.54, 1.807) is 0 Å². The summed E-state index contributed by atoms with van der Waals surface area (Å²) in [5.74, 6) is -0.860. The van der Waals surface area contributed by atoms with Crippen LogP contribution in [0.15, 0.2) is 11.6 Å². The lowest BCUT2D eigenvalue weighted by molar-refractivity contribution is -0.121. The van der Waals surface area contributed by atoms with Gasteiger partial charge >= 0.3 is 16.4 Å². The Kier molecular flexibility index (Phi) is 3.22. The summed E-state index contributed by atoms with van der Waals surface area (Å²) in [5.41, 5.74) is 5.31. The number of nitrogens with two attached hydrogens (primary N) is 1. The van der Waals surface area contributed by atoms with E-state index in [1.807, 2.05) is 0 Å². The summed E-state index contributed by atoms with van der Waals surface area (Å²) in [5, 5.41) is 9.55. The predicted octanol–water partition coefficient (Wildman–Crippen LogP) is -2.39. The van der Waals surface area contributed by atoms with Gasteiger partial charge in [0.2, 0.25) is 5.91 Å². The number of primary amides is 1. The highest BCUT2D eigenvalue weighted by Crippen LogP contribution is 2.29. The number of urea groups is 1. The molecule has 0 radical (unpaired) electrons. The van der Waals surface area contributed by atoms with Crippen molar-refractivity contribution < 1.29 is 31.9 Å². The first-order chi connectivity index (χ1) is 8.74. The molecule has 1 fully saturated rings. The zero-order chi connectivity index (χ0) is 14.4. The topological polar surface area (TPSA) is 150 Å². The van der Waals surface area contributed by atoms with Gasteiger partial charge in [0.15, 0.2) is 0 Å². The van der Waals surface area contributed by atoms with Crippen molar-refractivity contribution in [3.8, 4) is 0 Å². The first kappa shape index (κ1) is 13.7. The van der Waals surface area contributed by atoms with Crippen LogP contribution in [0.2, 0.25) is 0 Å². The minimum absolute atomic E-state index is 0.0362. The first-order valence-electron chi connectivity index (χ1n) is 5.12. The molecule has 0 aliphatic carbocycles. The summed E-state index contributed by atoms with van der Waals surface area (Å²) in [4.78, 5) is 24.1. The van der Waals surface area contributed by atoms with Gasteiger partial charge in [0.25, 0.3) is 0 Å². The van der Waals surface area contributed by atoms with Gasteiger partial charge in [-0.25, -0.2) is 4.79 Å². The lowest BCUT2D eigenvalue weighted by Gasteiger charge is -2.28. The molecule has 3 amide bonds. The molecule has 0 saturated carbocycles. The highest BCUT2D eigenvalue weighted by Gasteiger charge is 2.49. The third kappa shape index (κ3) is 2.40. The van der Waals surface area contributed by atoms with Crippen molar-refractivity contribution in [2.24, 2.45) is 5.73 Å². The molecule has 2 atom stereocenters. The number of nitrogens with zero attached hydrogens (tertiary/aromatic N) is 2. The molecule has 2 rings (SSSR count). The highest BCUT2D eigenvalue weighted by molar-refractivity contribution is 7.80. The van der Waals surface area contributed by atoms with Crippen LogP contribution < -0.4 is 5.73 Å². The van der Waals surface area contributed by atoms with Gasteiger partial charge in [-0.3, -0.25) is 9.35 Å².